The lowest BCUT2D eigenvalue weighted by atomic mass is 10.3. The van der Waals surface area contributed by atoms with E-state index in [2.05, 4.69) is 25.9 Å². The lowest BCUT2D eigenvalue weighted by Gasteiger charge is -2.05. The Labute approximate surface area is 125 Å². The first-order chi connectivity index (χ1) is 8.97. The summed E-state index contributed by atoms with van der Waals surface area (Å²) in [5, 5.41) is 11.1. The highest BCUT2D eigenvalue weighted by atomic mass is 79.9. The van der Waals surface area contributed by atoms with Crippen molar-refractivity contribution in [1.82, 2.24) is 9.97 Å². The van der Waals surface area contributed by atoms with Gasteiger partial charge < -0.3 is 4.74 Å². The highest BCUT2D eigenvalue weighted by Crippen LogP contribution is 2.37. The molecule has 0 aliphatic heterocycles. The van der Waals surface area contributed by atoms with Crippen LogP contribution in [0.25, 0.3) is 0 Å². The second kappa shape index (κ2) is 5.68. The van der Waals surface area contributed by atoms with Crippen LogP contribution in [0.3, 0.4) is 0 Å². The third kappa shape index (κ3) is 3.31. The number of benzene rings is 1. The molecule has 0 aliphatic rings. The molecule has 9 heteroatoms. The number of nitro groups is 1. The molecule has 0 atom stereocenters. The van der Waals surface area contributed by atoms with E-state index in [1.165, 1.54) is 18.5 Å². The molecule has 98 valence electrons. The molecule has 0 N–H and O–H groups in total. The average Bonchev–Trinajstić information content (AvgIpc) is 2.36. The second-order valence-corrected chi connectivity index (χ2v) is 5.01. The normalized spacial score (nSPS) is 10.3. The molecule has 0 radical (unpaired) electrons. The summed E-state index contributed by atoms with van der Waals surface area (Å²) in [6.07, 6.45) is 2.90. The lowest BCUT2D eigenvalue weighted by Crippen LogP contribution is -1.96. The summed E-state index contributed by atoms with van der Waals surface area (Å²) in [5.74, 6) is -0.0817. The number of nitrogens with zero attached hydrogens (tertiary/aromatic N) is 3. The molecule has 0 unspecified atom stereocenters. The molecular formula is C10H4BrCl2N3O3. The SMILES string of the molecule is O=[N+]([O-])c1cc(Cl)c(Cl)cc1Oc1ncc(Br)cn1. The van der Waals surface area contributed by atoms with Crippen LogP contribution in [0, 0.1) is 10.1 Å². The standard InChI is InChI=1S/C10H4BrCl2N3O3/c11-5-3-14-10(15-4-5)19-9-2-7(13)6(12)1-8(9)16(17)18/h1-4H. The van der Waals surface area contributed by atoms with E-state index >= 15 is 0 Å². The van der Waals surface area contributed by atoms with Crippen molar-refractivity contribution in [3.63, 3.8) is 0 Å². The zero-order valence-corrected chi connectivity index (χ0v) is 12.1. The van der Waals surface area contributed by atoms with Crippen molar-refractivity contribution < 1.29 is 9.66 Å². The Bertz CT molecular complexity index is 637. The Morgan fingerprint density at radius 3 is 2.37 bits per heavy atom. The number of rotatable bonds is 3. The van der Waals surface area contributed by atoms with Gasteiger partial charge in [-0.3, -0.25) is 10.1 Å². The smallest absolute Gasteiger partial charge is 0.322 e. The van der Waals surface area contributed by atoms with Crippen LogP contribution in [0.15, 0.2) is 29.0 Å². The maximum absolute atomic E-state index is 10.9. The number of ether oxygens (including phenoxy) is 1. The molecule has 0 amide bonds. The van der Waals surface area contributed by atoms with Gasteiger partial charge >= 0.3 is 11.7 Å². The Hall–Kier alpha value is -1.44. The van der Waals surface area contributed by atoms with Gasteiger partial charge in [0.25, 0.3) is 0 Å². The molecule has 19 heavy (non-hydrogen) atoms. The van der Waals surface area contributed by atoms with Crippen LogP contribution < -0.4 is 4.74 Å². The molecular weight excluding hydrogens is 361 g/mol. The number of hydrogen-bond donors (Lipinski definition) is 0. The minimum atomic E-state index is -0.629. The quantitative estimate of drug-likeness (QED) is 0.601. The minimum absolute atomic E-state index is 0.0373. The third-order valence-electron chi connectivity index (χ3n) is 2.00. The van der Waals surface area contributed by atoms with Crippen molar-refractivity contribution in [2.24, 2.45) is 0 Å². The first kappa shape index (κ1) is 14.0. The van der Waals surface area contributed by atoms with Gasteiger partial charge in [-0.15, -0.1) is 0 Å². The van der Waals surface area contributed by atoms with E-state index in [4.69, 9.17) is 27.9 Å². The maximum Gasteiger partial charge on any atom is 0.322 e. The van der Waals surface area contributed by atoms with E-state index in [0.717, 1.165) is 6.07 Å². The molecule has 0 saturated heterocycles. The summed E-state index contributed by atoms with van der Waals surface area (Å²) >= 11 is 14.7. The molecule has 0 spiro atoms. The highest BCUT2D eigenvalue weighted by Gasteiger charge is 2.19. The lowest BCUT2D eigenvalue weighted by molar-refractivity contribution is -0.385. The Morgan fingerprint density at radius 2 is 1.79 bits per heavy atom. The Balaban J connectivity index is 2.41. The van der Waals surface area contributed by atoms with Gasteiger partial charge in [0.15, 0.2) is 0 Å². The van der Waals surface area contributed by atoms with Crippen LogP contribution >= 0.6 is 39.1 Å². The molecule has 0 fully saturated rings. The van der Waals surface area contributed by atoms with Crippen molar-refractivity contribution in [2.75, 3.05) is 0 Å². The summed E-state index contributed by atoms with van der Waals surface area (Å²) in [6, 6.07) is 2.32. The van der Waals surface area contributed by atoms with E-state index in [1.54, 1.807) is 0 Å². The van der Waals surface area contributed by atoms with Crippen LogP contribution in [-0.2, 0) is 0 Å². The molecule has 1 aromatic heterocycles. The fraction of sp³-hybridized carbons (Fsp3) is 0. The molecule has 2 rings (SSSR count). The number of nitro benzene ring substituents is 1. The zero-order chi connectivity index (χ0) is 14.0. The number of hydrogen-bond acceptors (Lipinski definition) is 5. The molecule has 0 bridgehead atoms. The van der Waals surface area contributed by atoms with Crippen LogP contribution in [0.1, 0.15) is 0 Å². The largest absolute Gasteiger partial charge is 0.417 e. The van der Waals surface area contributed by atoms with Crippen LogP contribution in [0.5, 0.6) is 11.8 Å². The van der Waals surface area contributed by atoms with Gasteiger partial charge in [0.05, 0.1) is 19.4 Å². The molecule has 0 aliphatic carbocycles. The van der Waals surface area contributed by atoms with Crippen molar-refractivity contribution in [3.8, 4) is 11.8 Å². The van der Waals surface area contributed by atoms with Gasteiger partial charge in [-0.1, -0.05) is 23.2 Å². The third-order valence-corrected chi connectivity index (χ3v) is 3.13. The molecule has 1 heterocycles. The van der Waals surface area contributed by atoms with Crippen molar-refractivity contribution in [1.29, 1.82) is 0 Å². The molecule has 0 saturated carbocycles. The summed E-state index contributed by atoms with van der Waals surface area (Å²) in [4.78, 5) is 18.0. The van der Waals surface area contributed by atoms with Crippen molar-refractivity contribution in [2.45, 2.75) is 0 Å². The Kier molecular flexibility index (Phi) is 4.18. The molecule has 1 aromatic carbocycles. The highest BCUT2D eigenvalue weighted by molar-refractivity contribution is 9.10. The van der Waals surface area contributed by atoms with E-state index < -0.39 is 4.92 Å². The molecule has 6 nitrogen and oxygen atoms in total. The monoisotopic (exact) mass is 363 g/mol. The average molecular weight is 365 g/mol. The van der Waals surface area contributed by atoms with Crippen LogP contribution in [-0.4, -0.2) is 14.9 Å². The van der Waals surface area contributed by atoms with Gasteiger partial charge in [0.1, 0.15) is 0 Å². The topological polar surface area (TPSA) is 78.2 Å². The fourth-order valence-corrected chi connectivity index (χ4v) is 1.71. The van der Waals surface area contributed by atoms with Gasteiger partial charge in [-0.2, -0.15) is 0 Å². The van der Waals surface area contributed by atoms with Crippen molar-refractivity contribution in [3.05, 3.63) is 49.2 Å². The minimum Gasteiger partial charge on any atom is -0.417 e. The number of halogens is 3. The predicted molar refractivity (Wildman–Crippen MR) is 72.9 cm³/mol. The first-order valence-electron chi connectivity index (χ1n) is 4.76. The Morgan fingerprint density at radius 1 is 1.21 bits per heavy atom. The number of aromatic nitrogens is 2. The van der Waals surface area contributed by atoms with E-state index in [9.17, 15) is 10.1 Å². The van der Waals surface area contributed by atoms with E-state index in [1.807, 2.05) is 0 Å². The van der Waals surface area contributed by atoms with Crippen molar-refractivity contribution >= 4 is 44.8 Å². The van der Waals surface area contributed by atoms with Gasteiger partial charge in [-0.05, 0) is 15.9 Å². The summed E-state index contributed by atoms with van der Waals surface area (Å²) < 4.78 is 5.89. The summed E-state index contributed by atoms with van der Waals surface area (Å²) in [6.45, 7) is 0. The van der Waals surface area contributed by atoms with E-state index in [-0.39, 0.29) is 27.5 Å². The predicted octanol–water partition coefficient (Wildman–Crippen LogP) is 4.25. The summed E-state index contributed by atoms with van der Waals surface area (Å²) in [7, 11) is 0. The summed E-state index contributed by atoms with van der Waals surface area (Å²) in [5.41, 5.74) is -0.319. The van der Waals surface area contributed by atoms with Crippen LogP contribution in [0.2, 0.25) is 10.0 Å². The second-order valence-electron chi connectivity index (χ2n) is 3.28. The van der Waals surface area contributed by atoms with E-state index in [0.29, 0.717) is 4.47 Å². The van der Waals surface area contributed by atoms with Gasteiger partial charge in [0, 0.05) is 24.5 Å². The zero-order valence-electron chi connectivity index (χ0n) is 9.01. The van der Waals surface area contributed by atoms with Gasteiger partial charge in [0.2, 0.25) is 5.75 Å². The van der Waals surface area contributed by atoms with Gasteiger partial charge in [-0.25, -0.2) is 9.97 Å². The maximum atomic E-state index is 10.9. The fourth-order valence-electron chi connectivity index (χ4n) is 1.19. The first-order valence-corrected chi connectivity index (χ1v) is 6.31. The van der Waals surface area contributed by atoms with Crippen LogP contribution in [0.4, 0.5) is 5.69 Å². The molecule has 2 aromatic rings.